The SMILES string of the molecule is O=C(NCC(F)(F)F)[C@H]1CN(Cc2ncc(C(F)(F)F)[nH]2)CC12CCOCC2. The van der Waals surface area contributed by atoms with E-state index in [2.05, 4.69) is 9.97 Å². The van der Waals surface area contributed by atoms with E-state index in [9.17, 15) is 31.1 Å². The molecule has 0 aliphatic carbocycles. The second kappa shape index (κ2) is 7.54. The summed E-state index contributed by atoms with van der Waals surface area (Å²) in [5.41, 5.74) is -1.53. The van der Waals surface area contributed by atoms with Gasteiger partial charge in [-0.2, -0.15) is 26.3 Å². The molecule has 2 aliphatic heterocycles. The van der Waals surface area contributed by atoms with Crippen molar-refractivity contribution < 1.29 is 35.9 Å². The van der Waals surface area contributed by atoms with Crippen LogP contribution in [-0.4, -0.2) is 59.8 Å². The maximum Gasteiger partial charge on any atom is 0.432 e. The Morgan fingerprint density at radius 1 is 1.29 bits per heavy atom. The quantitative estimate of drug-likeness (QED) is 0.743. The Bertz CT molecular complexity index is 696. The van der Waals surface area contributed by atoms with Crippen LogP contribution in [0.4, 0.5) is 26.3 Å². The number of carbonyl (C=O) groups excluding carboxylic acids is 1. The van der Waals surface area contributed by atoms with Gasteiger partial charge >= 0.3 is 12.4 Å². The number of hydrogen-bond donors (Lipinski definition) is 2. The van der Waals surface area contributed by atoms with Gasteiger partial charge in [0.05, 0.1) is 18.7 Å². The summed E-state index contributed by atoms with van der Waals surface area (Å²) < 4.78 is 80.8. The number of halogens is 6. The fraction of sp³-hybridized carbons (Fsp3) is 0.750. The van der Waals surface area contributed by atoms with Gasteiger partial charge in [0.25, 0.3) is 0 Å². The lowest BCUT2D eigenvalue weighted by Crippen LogP contribution is -2.46. The smallest absolute Gasteiger partial charge is 0.381 e. The maximum atomic E-state index is 12.7. The molecule has 0 radical (unpaired) electrons. The molecular weight excluding hydrogens is 394 g/mol. The number of nitrogens with zero attached hydrogens (tertiary/aromatic N) is 2. The van der Waals surface area contributed by atoms with Gasteiger partial charge in [0.2, 0.25) is 5.91 Å². The standard InChI is InChI=1S/C16H20F6N4O2/c17-15(18,19)8-24-13(27)10-6-26(9-14(10)1-3-28-4-2-14)7-12-23-5-11(25-12)16(20,21)22/h5,10H,1-4,6-9H2,(H,23,25)(H,24,27)/t10-/m1/s1. The van der Waals surface area contributed by atoms with E-state index in [-0.39, 0.29) is 18.9 Å². The Kier molecular flexibility index (Phi) is 5.63. The van der Waals surface area contributed by atoms with Crippen LogP contribution in [0.2, 0.25) is 0 Å². The average molecular weight is 414 g/mol. The number of aromatic amines is 1. The van der Waals surface area contributed by atoms with Crippen molar-refractivity contribution in [2.45, 2.75) is 31.7 Å². The van der Waals surface area contributed by atoms with Gasteiger partial charge in [-0.1, -0.05) is 0 Å². The van der Waals surface area contributed by atoms with E-state index in [1.165, 1.54) is 0 Å². The van der Waals surface area contributed by atoms with Gasteiger partial charge in [-0.3, -0.25) is 9.69 Å². The fourth-order valence-electron chi connectivity index (χ4n) is 3.95. The van der Waals surface area contributed by atoms with Crippen LogP contribution in [-0.2, 0) is 22.3 Å². The second-order valence-corrected chi connectivity index (χ2v) is 7.27. The second-order valence-electron chi connectivity index (χ2n) is 7.27. The Morgan fingerprint density at radius 3 is 2.54 bits per heavy atom. The molecule has 2 aliphatic rings. The summed E-state index contributed by atoms with van der Waals surface area (Å²) in [6.07, 6.45) is -7.36. The van der Waals surface area contributed by atoms with E-state index < -0.39 is 41.8 Å². The minimum Gasteiger partial charge on any atom is -0.381 e. The third kappa shape index (κ3) is 4.77. The molecule has 2 fully saturated rings. The number of likely N-dealkylation sites (tertiary alicyclic amines) is 1. The van der Waals surface area contributed by atoms with Gasteiger partial charge < -0.3 is 15.0 Å². The zero-order valence-electron chi connectivity index (χ0n) is 14.8. The highest BCUT2D eigenvalue weighted by Crippen LogP contribution is 2.44. The van der Waals surface area contributed by atoms with E-state index in [4.69, 9.17) is 4.74 Å². The highest BCUT2D eigenvalue weighted by molar-refractivity contribution is 5.80. The molecule has 3 rings (SSSR count). The van der Waals surface area contributed by atoms with Gasteiger partial charge in [-0.05, 0) is 12.8 Å². The zero-order chi connectivity index (χ0) is 20.6. The third-order valence-corrected chi connectivity index (χ3v) is 5.29. The molecule has 28 heavy (non-hydrogen) atoms. The summed E-state index contributed by atoms with van der Waals surface area (Å²) >= 11 is 0. The summed E-state index contributed by atoms with van der Waals surface area (Å²) in [5.74, 6) is -1.31. The summed E-state index contributed by atoms with van der Waals surface area (Å²) in [6, 6.07) is 0. The Labute approximate surface area is 156 Å². The van der Waals surface area contributed by atoms with Gasteiger partial charge in [0.1, 0.15) is 18.1 Å². The molecule has 0 unspecified atom stereocenters. The van der Waals surface area contributed by atoms with Crippen molar-refractivity contribution in [3.05, 3.63) is 17.7 Å². The largest absolute Gasteiger partial charge is 0.432 e. The monoisotopic (exact) mass is 414 g/mol. The van der Waals surface area contributed by atoms with Crippen LogP contribution in [0.5, 0.6) is 0 Å². The van der Waals surface area contributed by atoms with Crippen LogP contribution < -0.4 is 5.32 Å². The van der Waals surface area contributed by atoms with E-state index in [1.54, 1.807) is 4.90 Å². The molecule has 1 atom stereocenters. The molecule has 1 spiro atoms. The highest BCUT2D eigenvalue weighted by atomic mass is 19.4. The van der Waals surface area contributed by atoms with Gasteiger partial charge in [-0.25, -0.2) is 4.98 Å². The topological polar surface area (TPSA) is 70.2 Å². The molecule has 1 aromatic heterocycles. The maximum absolute atomic E-state index is 12.7. The third-order valence-electron chi connectivity index (χ3n) is 5.29. The van der Waals surface area contributed by atoms with Crippen LogP contribution in [0, 0.1) is 11.3 Å². The van der Waals surface area contributed by atoms with Crippen molar-refractivity contribution in [2.75, 3.05) is 32.8 Å². The van der Waals surface area contributed by atoms with Crippen molar-refractivity contribution in [2.24, 2.45) is 11.3 Å². The van der Waals surface area contributed by atoms with Crippen LogP contribution in [0.15, 0.2) is 6.20 Å². The average Bonchev–Trinajstić information content (AvgIpc) is 3.18. The molecule has 2 N–H and O–H groups in total. The fourth-order valence-corrected chi connectivity index (χ4v) is 3.95. The first-order valence-electron chi connectivity index (χ1n) is 8.74. The lowest BCUT2D eigenvalue weighted by atomic mass is 9.72. The minimum atomic E-state index is -4.54. The van der Waals surface area contributed by atoms with Gasteiger partial charge in [0, 0.05) is 31.7 Å². The van der Waals surface area contributed by atoms with Crippen molar-refractivity contribution in [1.29, 1.82) is 0 Å². The first kappa shape index (κ1) is 20.9. The minimum absolute atomic E-state index is 0.0434. The number of hydrogen-bond acceptors (Lipinski definition) is 4. The van der Waals surface area contributed by atoms with Crippen molar-refractivity contribution in [3.63, 3.8) is 0 Å². The van der Waals surface area contributed by atoms with Gasteiger partial charge in [0.15, 0.2) is 0 Å². The Hall–Kier alpha value is -1.82. The normalized spacial score (nSPS) is 23.3. The molecule has 0 aromatic carbocycles. The van der Waals surface area contributed by atoms with Crippen LogP contribution in [0.25, 0.3) is 0 Å². The number of H-pyrrole nitrogens is 1. The molecular formula is C16H20F6N4O2. The molecule has 0 saturated carbocycles. The number of carbonyl (C=O) groups is 1. The number of rotatable bonds is 4. The summed E-state index contributed by atoms with van der Waals surface area (Å²) in [6.45, 7) is -0.0796. The van der Waals surface area contributed by atoms with Crippen LogP contribution in [0.3, 0.4) is 0 Å². The molecule has 0 bridgehead atoms. The molecule has 1 amide bonds. The van der Waals surface area contributed by atoms with E-state index >= 15 is 0 Å². The Balaban J connectivity index is 1.71. The number of aromatic nitrogens is 2. The molecule has 1 aromatic rings. The molecule has 3 heterocycles. The predicted molar refractivity (Wildman–Crippen MR) is 83.9 cm³/mol. The first-order valence-corrected chi connectivity index (χ1v) is 8.74. The van der Waals surface area contributed by atoms with E-state index in [0.717, 1.165) is 0 Å². The molecule has 158 valence electrons. The van der Waals surface area contributed by atoms with E-state index in [1.807, 2.05) is 5.32 Å². The van der Waals surface area contributed by atoms with Crippen LogP contribution >= 0.6 is 0 Å². The van der Waals surface area contributed by atoms with Crippen LogP contribution in [0.1, 0.15) is 24.4 Å². The lowest BCUT2D eigenvalue weighted by molar-refractivity contribution is -0.143. The summed E-state index contributed by atoms with van der Waals surface area (Å²) in [5, 5.41) is 1.94. The van der Waals surface area contributed by atoms with Gasteiger partial charge in [-0.15, -0.1) is 0 Å². The Morgan fingerprint density at radius 2 is 1.96 bits per heavy atom. The van der Waals surface area contributed by atoms with Crippen molar-refractivity contribution >= 4 is 5.91 Å². The number of imidazole rings is 1. The zero-order valence-corrected chi connectivity index (χ0v) is 14.8. The lowest BCUT2D eigenvalue weighted by Gasteiger charge is -2.37. The first-order chi connectivity index (χ1) is 13.0. The number of alkyl halides is 6. The number of ether oxygens (including phenoxy) is 1. The number of amides is 1. The summed E-state index contributed by atoms with van der Waals surface area (Å²) in [4.78, 5) is 20.1. The van der Waals surface area contributed by atoms with Crippen molar-refractivity contribution in [3.8, 4) is 0 Å². The van der Waals surface area contributed by atoms with Crippen molar-refractivity contribution in [1.82, 2.24) is 20.2 Å². The predicted octanol–water partition coefficient (Wildman–Crippen LogP) is 2.34. The van der Waals surface area contributed by atoms with E-state index in [0.29, 0.717) is 38.8 Å². The summed E-state index contributed by atoms with van der Waals surface area (Å²) in [7, 11) is 0. The molecule has 12 heteroatoms. The molecule has 6 nitrogen and oxygen atoms in total. The molecule has 2 saturated heterocycles. The highest BCUT2D eigenvalue weighted by Gasteiger charge is 2.51. The number of nitrogens with one attached hydrogen (secondary N) is 2.